The van der Waals surface area contributed by atoms with Gasteiger partial charge < -0.3 is 29.4 Å². The Kier molecular flexibility index (Phi) is 18.6. The molecular weight excluding hydrogens is 1150 g/mol. The summed E-state index contributed by atoms with van der Waals surface area (Å²) < 4.78 is 19.8. The van der Waals surface area contributed by atoms with E-state index >= 15 is 0 Å². The predicted molar refractivity (Wildman–Crippen MR) is 347 cm³/mol. The number of ether oxygens (including phenoxy) is 3. The molecule has 1 unspecified atom stereocenters. The van der Waals surface area contributed by atoms with Crippen LogP contribution in [-0.2, 0) is 74.9 Å². The second-order valence-electron chi connectivity index (χ2n) is 23.0. The number of fused-ring (bicyclic) bond motifs is 5. The fourth-order valence-corrected chi connectivity index (χ4v) is 12.3. The first-order valence-electron chi connectivity index (χ1n) is 30.7. The van der Waals surface area contributed by atoms with Crippen LogP contribution in [0.1, 0.15) is 111 Å². The summed E-state index contributed by atoms with van der Waals surface area (Å²) in [4.78, 5) is 82.9. The Morgan fingerprint density at radius 3 is 1.85 bits per heavy atom. The molecule has 460 valence electrons. The van der Waals surface area contributed by atoms with Gasteiger partial charge in [0, 0.05) is 99.8 Å². The highest BCUT2D eigenvalue weighted by atomic mass is 16.6. The summed E-state index contributed by atoms with van der Waals surface area (Å²) in [7, 11) is 0. The number of rotatable bonds is 26. The number of aryl methyl sites for hydroxylation is 1. The van der Waals surface area contributed by atoms with Crippen molar-refractivity contribution in [3.8, 4) is 22.9 Å². The van der Waals surface area contributed by atoms with Crippen molar-refractivity contribution >= 4 is 39.9 Å². The van der Waals surface area contributed by atoms with Gasteiger partial charge in [-0.25, -0.2) is 9.78 Å². The third-order valence-electron chi connectivity index (χ3n) is 16.6. The van der Waals surface area contributed by atoms with Crippen molar-refractivity contribution in [1.29, 1.82) is 0 Å². The maximum Gasteiger partial charge on any atom is 0.343 e. The number of unbranched alkanes of at least 4 members (excludes halogenated alkanes) is 1. The number of nitro groups is 1. The van der Waals surface area contributed by atoms with E-state index in [9.17, 15) is 24.5 Å². The van der Waals surface area contributed by atoms with Gasteiger partial charge in [0.05, 0.1) is 74.8 Å². The first-order chi connectivity index (χ1) is 44.4. The second-order valence-corrected chi connectivity index (χ2v) is 23.0. The smallest absolute Gasteiger partial charge is 0.343 e. The average molecular weight is 1220 g/mol. The summed E-state index contributed by atoms with van der Waals surface area (Å²) in [6, 6.07) is 49.3. The van der Waals surface area contributed by atoms with Crippen LogP contribution in [0.5, 0.6) is 11.5 Å². The Morgan fingerprint density at radius 2 is 1.29 bits per heavy atom. The number of carbonyl (C=O) groups is 2. The summed E-state index contributed by atoms with van der Waals surface area (Å²) in [5.74, 6) is -0.343. The normalized spacial score (nSPS) is 13.2. The van der Waals surface area contributed by atoms with Crippen molar-refractivity contribution in [2.45, 2.75) is 104 Å². The predicted octanol–water partition coefficient (Wildman–Crippen LogP) is 12.1. The van der Waals surface area contributed by atoms with Crippen LogP contribution >= 0.6 is 0 Å². The SMILES string of the molecule is CCc1c2c(nc3ccc(OC(=O)c4ccc(CN(CCCCOc5cc(CN(Cc6ccccn6)Cc6ccccn6)cc(CN(Cc6ccccn6)Cc6ccccn6)c5)c5ccc(N)cc5[N+](=O)[O-])cc4)cc13)-c1cc3c(c(=O)n1C2)COC(=O)C3CC. The van der Waals surface area contributed by atoms with Crippen molar-refractivity contribution < 1.29 is 28.7 Å². The molecule has 91 heavy (non-hydrogen) atoms. The van der Waals surface area contributed by atoms with E-state index in [4.69, 9.17) is 24.9 Å². The Bertz CT molecular complexity index is 4120. The molecule has 0 spiro atoms. The minimum atomic E-state index is -0.564. The van der Waals surface area contributed by atoms with E-state index in [0.717, 1.165) is 61.7 Å². The average Bonchev–Trinajstić information content (AvgIpc) is 1.61. The number of nitro benzene ring substituents is 1. The minimum Gasteiger partial charge on any atom is -0.494 e. The van der Waals surface area contributed by atoms with E-state index in [-0.39, 0.29) is 29.5 Å². The number of anilines is 2. The highest BCUT2D eigenvalue weighted by Gasteiger charge is 2.35. The van der Waals surface area contributed by atoms with Crippen molar-refractivity contribution in [3.05, 3.63) is 270 Å². The highest BCUT2D eigenvalue weighted by molar-refractivity contribution is 5.93. The Morgan fingerprint density at radius 1 is 0.670 bits per heavy atom. The number of cyclic esters (lactones) is 1. The Hall–Kier alpha value is -10.5. The lowest BCUT2D eigenvalue weighted by atomic mass is 9.90. The number of carbonyl (C=O) groups excluding carboxylic acids is 2. The van der Waals surface area contributed by atoms with Gasteiger partial charge in [-0.05, 0) is 163 Å². The van der Waals surface area contributed by atoms with Gasteiger partial charge in [0.2, 0.25) is 0 Å². The molecule has 0 bridgehead atoms. The zero-order valence-electron chi connectivity index (χ0n) is 50.8. The van der Waals surface area contributed by atoms with E-state index < -0.39 is 16.8 Å². The number of hydrogen-bond donors (Lipinski definition) is 1. The van der Waals surface area contributed by atoms with Crippen LogP contribution in [0.2, 0.25) is 0 Å². The van der Waals surface area contributed by atoms with Gasteiger partial charge in [-0.3, -0.25) is 49.4 Å². The Labute approximate surface area is 526 Å². The maximum atomic E-state index is 13.9. The van der Waals surface area contributed by atoms with Crippen LogP contribution in [-0.4, -0.2) is 69.3 Å². The number of pyridine rings is 6. The molecule has 0 amide bonds. The number of nitrogens with zero attached hydrogens (tertiary/aromatic N) is 10. The van der Waals surface area contributed by atoms with Gasteiger partial charge in [0.15, 0.2) is 0 Å². The monoisotopic (exact) mass is 1220 g/mol. The van der Waals surface area contributed by atoms with Crippen LogP contribution in [0.15, 0.2) is 187 Å². The molecule has 19 nitrogen and oxygen atoms in total. The number of aromatic nitrogens is 6. The quantitative estimate of drug-likeness (QED) is 0.0133. The first kappa shape index (κ1) is 60.8. The lowest BCUT2D eigenvalue weighted by molar-refractivity contribution is -0.384. The third kappa shape index (κ3) is 14.3. The largest absolute Gasteiger partial charge is 0.494 e. The van der Waals surface area contributed by atoms with Crippen LogP contribution in [0, 0.1) is 10.1 Å². The number of esters is 2. The zero-order valence-corrected chi connectivity index (χ0v) is 50.8. The van der Waals surface area contributed by atoms with Crippen LogP contribution in [0.3, 0.4) is 0 Å². The zero-order chi connectivity index (χ0) is 62.8. The molecule has 0 saturated heterocycles. The van der Waals surface area contributed by atoms with E-state index in [1.807, 2.05) is 147 Å². The minimum absolute atomic E-state index is 0.0502. The summed E-state index contributed by atoms with van der Waals surface area (Å²) in [6.07, 6.45) is 9.65. The van der Waals surface area contributed by atoms with Gasteiger partial charge in [0.1, 0.15) is 23.8 Å². The molecule has 2 aliphatic rings. The molecule has 19 heteroatoms. The summed E-state index contributed by atoms with van der Waals surface area (Å²) >= 11 is 0. The standard InChI is InChI=1S/C72H69N11O8/c1-3-59-62-37-57(24-25-65(62)78-69-63(59)46-82-68(69)38-61-60(4-2)72(86)90-47-64(61)70(82)84)91-71(85)51-21-19-48(20-22-51)41-81(66-26-23-52(73)36-67(66)83(87)88)31-13-14-32-89-58-34-49(39-79(42-53-15-5-9-27-74-53)43-54-16-6-10-28-75-54)33-50(35-58)40-80(44-55-17-7-11-29-76-55)45-56-18-8-12-30-77-56/h5-12,15-30,33-38,60H,3-4,13-14,31-32,39-47,73H2,1-2H3. The van der Waals surface area contributed by atoms with Crippen LogP contribution in [0.4, 0.5) is 17.1 Å². The van der Waals surface area contributed by atoms with Gasteiger partial charge in [-0.1, -0.05) is 56.3 Å². The molecule has 12 rings (SSSR count). The van der Waals surface area contributed by atoms with Crippen molar-refractivity contribution in [2.75, 3.05) is 23.8 Å². The molecule has 0 aliphatic carbocycles. The second kappa shape index (κ2) is 27.9. The van der Waals surface area contributed by atoms with Gasteiger partial charge in [-0.2, -0.15) is 0 Å². The molecule has 1 atom stereocenters. The number of hydrogen-bond acceptors (Lipinski definition) is 17. The summed E-state index contributed by atoms with van der Waals surface area (Å²) in [5.41, 5.74) is 18.7. The molecule has 4 aromatic carbocycles. The highest BCUT2D eigenvalue weighted by Crippen LogP contribution is 2.40. The molecule has 6 aromatic heterocycles. The van der Waals surface area contributed by atoms with E-state index in [1.165, 1.54) is 6.07 Å². The van der Waals surface area contributed by atoms with Crippen molar-refractivity contribution in [1.82, 2.24) is 39.3 Å². The summed E-state index contributed by atoms with van der Waals surface area (Å²) in [5, 5.41) is 13.4. The fraction of sp³-hybridized carbons (Fsp3) is 0.250. The lowest BCUT2D eigenvalue weighted by Crippen LogP contribution is -2.32. The molecule has 0 fully saturated rings. The van der Waals surface area contributed by atoms with Crippen molar-refractivity contribution in [3.63, 3.8) is 0 Å². The fourth-order valence-electron chi connectivity index (χ4n) is 12.3. The molecule has 10 aromatic rings. The molecule has 0 saturated carbocycles. The Balaban J connectivity index is 0.746. The number of benzene rings is 4. The van der Waals surface area contributed by atoms with Gasteiger partial charge >= 0.3 is 11.9 Å². The topological polar surface area (TPSA) is 227 Å². The molecule has 2 aliphatic heterocycles. The lowest BCUT2D eigenvalue weighted by Gasteiger charge is -2.25. The molecule has 8 heterocycles. The van der Waals surface area contributed by atoms with Crippen molar-refractivity contribution in [2.24, 2.45) is 0 Å². The number of nitrogen functional groups attached to an aromatic ring is 1. The molecule has 0 radical (unpaired) electrons. The first-order valence-corrected chi connectivity index (χ1v) is 30.7. The van der Waals surface area contributed by atoms with Crippen LogP contribution < -0.4 is 25.7 Å². The van der Waals surface area contributed by atoms with Gasteiger partial charge in [0.25, 0.3) is 11.2 Å². The number of nitrogens with two attached hydrogens (primary N) is 1. The van der Waals surface area contributed by atoms with E-state index in [2.05, 4.69) is 47.9 Å². The van der Waals surface area contributed by atoms with E-state index in [1.54, 1.807) is 34.9 Å². The summed E-state index contributed by atoms with van der Waals surface area (Å²) in [6.45, 7) is 8.91. The van der Waals surface area contributed by atoms with E-state index in [0.29, 0.717) is 136 Å². The van der Waals surface area contributed by atoms with Gasteiger partial charge in [-0.15, -0.1) is 0 Å². The third-order valence-corrected chi connectivity index (χ3v) is 16.6. The maximum absolute atomic E-state index is 13.9. The van der Waals surface area contributed by atoms with Crippen LogP contribution in [0.25, 0.3) is 22.3 Å². The molecule has 2 N–H and O–H groups in total. The molecular formula is C72H69N11O8.